The van der Waals surface area contributed by atoms with Gasteiger partial charge in [-0.25, -0.2) is 4.39 Å². The maximum atomic E-state index is 13.3. The summed E-state index contributed by atoms with van der Waals surface area (Å²) in [5.41, 5.74) is 2.16. The number of furan rings is 1. The third-order valence-corrected chi connectivity index (χ3v) is 6.21. The number of rotatable bonds is 8. The first-order valence-corrected chi connectivity index (χ1v) is 10.9. The molecular formula is C26H29FN2O3. The van der Waals surface area contributed by atoms with Crippen molar-refractivity contribution in [1.82, 2.24) is 9.80 Å². The molecule has 2 aromatic carbocycles. The molecule has 2 heterocycles. The predicted molar refractivity (Wildman–Crippen MR) is 121 cm³/mol. The number of carbonyl (C=O) groups excluding carboxylic acids is 1. The van der Waals surface area contributed by atoms with Crippen LogP contribution in [0.25, 0.3) is 0 Å². The van der Waals surface area contributed by atoms with E-state index in [9.17, 15) is 9.18 Å². The van der Waals surface area contributed by atoms with Gasteiger partial charge in [-0.3, -0.25) is 9.69 Å². The monoisotopic (exact) mass is 436 g/mol. The van der Waals surface area contributed by atoms with Crippen LogP contribution in [0.3, 0.4) is 0 Å². The molecule has 0 radical (unpaired) electrons. The fourth-order valence-electron chi connectivity index (χ4n) is 4.52. The Bertz CT molecular complexity index is 1000. The molecule has 32 heavy (non-hydrogen) atoms. The van der Waals surface area contributed by atoms with E-state index >= 15 is 0 Å². The minimum absolute atomic E-state index is 0.0206. The molecule has 0 aliphatic carbocycles. The molecule has 0 bridgehead atoms. The first-order chi connectivity index (χ1) is 15.5. The minimum Gasteiger partial charge on any atom is -0.497 e. The molecule has 1 aliphatic heterocycles. The van der Waals surface area contributed by atoms with Crippen LogP contribution in [-0.2, 0) is 17.9 Å². The lowest BCUT2D eigenvalue weighted by Crippen LogP contribution is -2.35. The molecule has 1 amide bonds. The summed E-state index contributed by atoms with van der Waals surface area (Å²) in [4.78, 5) is 16.7. The number of amides is 1. The van der Waals surface area contributed by atoms with E-state index in [1.807, 2.05) is 29.2 Å². The molecule has 1 aromatic heterocycles. The Kier molecular flexibility index (Phi) is 6.90. The minimum atomic E-state index is -0.271. The number of likely N-dealkylation sites (tertiary alicyclic amines) is 1. The zero-order valence-corrected chi connectivity index (χ0v) is 18.5. The van der Waals surface area contributed by atoms with Crippen molar-refractivity contribution < 1.29 is 18.3 Å². The molecule has 5 nitrogen and oxygen atoms in total. The van der Waals surface area contributed by atoms with Gasteiger partial charge in [0.2, 0.25) is 5.91 Å². The summed E-state index contributed by atoms with van der Waals surface area (Å²) >= 11 is 0. The molecule has 1 saturated heterocycles. The van der Waals surface area contributed by atoms with Crippen molar-refractivity contribution >= 4 is 5.91 Å². The van der Waals surface area contributed by atoms with Gasteiger partial charge in [0.05, 0.1) is 19.9 Å². The molecule has 1 fully saturated rings. The zero-order chi connectivity index (χ0) is 22.5. The fraction of sp³-hybridized carbons (Fsp3) is 0.346. The summed E-state index contributed by atoms with van der Waals surface area (Å²) in [6.07, 6.45) is 1.70. The Labute approximate surface area is 188 Å². The highest BCUT2D eigenvalue weighted by Crippen LogP contribution is 2.35. The van der Waals surface area contributed by atoms with Gasteiger partial charge >= 0.3 is 0 Å². The van der Waals surface area contributed by atoms with Gasteiger partial charge in [0, 0.05) is 39.0 Å². The lowest BCUT2D eigenvalue weighted by Gasteiger charge is -2.28. The second-order valence-electron chi connectivity index (χ2n) is 8.44. The zero-order valence-electron chi connectivity index (χ0n) is 18.5. The van der Waals surface area contributed by atoms with Gasteiger partial charge in [0.25, 0.3) is 0 Å². The predicted octanol–water partition coefficient (Wildman–Crippen LogP) is 4.69. The maximum Gasteiger partial charge on any atom is 0.219 e. The van der Waals surface area contributed by atoms with Crippen molar-refractivity contribution in [2.45, 2.75) is 25.9 Å². The topological polar surface area (TPSA) is 45.9 Å². The highest BCUT2D eigenvalue weighted by Gasteiger charge is 2.35. The van der Waals surface area contributed by atoms with Crippen LogP contribution < -0.4 is 4.74 Å². The molecule has 2 atom stereocenters. The van der Waals surface area contributed by atoms with Gasteiger partial charge in [-0.2, -0.15) is 0 Å². The molecule has 1 aliphatic rings. The quantitative estimate of drug-likeness (QED) is 0.514. The largest absolute Gasteiger partial charge is 0.497 e. The van der Waals surface area contributed by atoms with E-state index in [1.165, 1.54) is 17.7 Å². The van der Waals surface area contributed by atoms with Crippen LogP contribution in [0.4, 0.5) is 4.39 Å². The first kappa shape index (κ1) is 22.1. The lowest BCUT2D eigenvalue weighted by atomic mass is 9.88. The second-order valence-corrected chi connectivity index (χ2v) is 8.44. The molecule has 0 spiro atoms. The van der Waals surface area contributed by atoms with E-state index in [1.54, 1.807) is 32.4 Å². The third-order valence-electron chi connectivity index (χ3n) is 6.21. The van der Waals surface area contributed by atoms with Crippen LogP contribution in [0.1, 0.15) is 29.7 Å². The van der Waals surface area contributed by atoms with Crippen molar-refractivity contribution in [3.05, 3.63) is 89.6 Å². The Hall–Kier alpha value is -3.12. The normalized spacial score (nSPS) is 18.6. The SMILES string of the molecule is COc1ccc([C@@H]2CN(Cc3ccco3)C[C@@H]2CN(Cc2ccc(F)cc2)C(C)=O)cc1. The van der Waals surface area contributed by atoms with E-state index in [2.05, 4.69) is 17.0 Å². The summed E-state index contributed by atoms with van der Waals surface area (Å²) in [5.74, 6) is 2.07. The van der Waals surface area contributed by atoms with Crippen molar-refractivity contribution in [1.29, 1.82) is 0 Å². The fourth-order valence-corrected chi connectivity index (χ4v) is 4.52. The van der Waals surface area contributed by atoms with Crippen LogP contribution in [0.15, 0.2) is 71.3 Å². The molecule has 4 rings (SSSR count). The molecule has 3 aromatic rings. The Morgan fingerprint density at radius 1 is 1.12 bits per heavy atom. The molecule has 6 heteroatoms. The van der Waals surface area contributed by atoms with Crippen LogP contribution in [0, 0.1) is 11.7 Å². The molecule has 0 unspecified atom stereocenters. The number of hydrogen-bond acceptors (Lipinski definition) is 4. The highest BCUT2D eigenvalue weighted by atomic mass is 19.1. The van der Waals surface area contributed by atoms with E-state index in [0.717, 1.165) is 36.7 Å². The average Bonchev–Trinajstić information content (AvgIpc) is 3.45. The van der Waals surface area contributed by atoms with Crippen molar-refractivity contribution in [3.8, 4) is 5.75 Å². The summed E-state index contributed by atoms with van der Waals surface area (Å²) in [5, 5.41) is 0. The number of ether oxygens (including phenoxy) is 1. The van der Waals surface area contributed by atoms with E-state index in [4.69, 9.17) is 9.15 Å². The van der Waals surface area contributed by atoms with Gasteiger partial charge in [-0.05, 0) is 53.4 Å². The number of halogens is 1. The standard InChI is InChI=1S/C26H29FN2O3/c1-19(30)29(14-20-5-9-23(27)10-6-20)16-22-15-28(17-25-4-3-13-32-25)18-26(22)21-7-11-24(31-2)12-8-21/h3-13,22,26H,14-18H2,1-2H3/t22-,26+/m1/s1. The van der Waals surface area contributed by atoms with Crippen molar-refractivity contribution in [3.63, 3.8) is 0 Å². The van der Waals surface area contributed by atoms with E-state index < -0.39 is 0 Å². The lowest BCUT2D eigenvalue weighted by molar-refractivity contribution is -0.130. The Morgan fingerprint density at radius 2 is 1.88 bits per heavy atom. The van der Waals surface area contributed by atoms with E-state index in [0.29, 0.717) is 13.1 Å². The van der Waals surface area contributed by atoms with E-state index in [-0.39, 0.29) is 23.6 Å². The van der Waals surface area contributed by atoms with Gasteiger partial charge in [-0.1, -0.05) is 24.3 Å². The molecule has 0 saturated carbocycles. The van der Waals surface area contributed by atoms with Crippen LogP contribution >= 0.6 is 0 Å². The van der Waals surface area contributed by atoms with Gasteiger partial charge in [-0.15, -0.1) is 0 Å². The van der Waals surface area contributed by atoms with Gasteiger partial charge in [0.15, 0.2) is 0 Å². The van der Waals surface area contributed by atoms with Gasteiger partial charge < -0.3 is 14.1 Å². The summed E-state index contributed by atoms with van der Waals surface area (Å²) < 4.78 is 24.2. The summed E-state index contributed by atoms with van der Waals surface area (Å²) in [6, 6.07) is 18.5. The average molecular weight is 437 g/mol. The summed E-state index contributed by atoms with van der Waals surface area (Å²) in [6.45, 7) is 5.21. The van der Waals surface area contributed by atoms with Crippen LogP contribution in [0.5, 0.6) is 5.75 Å². The first-order valence-electron chi connectivity index (χ1n) is 10.9. The summed E-state index contributed by atoms with van der Waals surface area (Å²) in [7, 11) is 1.67. The van der Waals surface area contributed by atoms with Crippen LogP contribution in [0.2, 0.25) is 0 Å². The van der Waals surface area contributed by atoms with Crippen LogP contribution in [-0.4, -0.2) is 42.5 Å². The molecule has 168 valence electrons. The van der Waals surface area contributed by atoms with Crippen molar-refractivity contribution in [2.75, 3.05) is 26.7 Å². The molecular weight excluding hydrogens is 407 g/mol. The Morgan fingerprint density at radius 3 is 2.50 bits per heavy atom. The molecule has 0 N–H and O–H groups in total. The Balaban J connectivity index is 1.53. The third kappa shape index (κ3) is 5.37. The number of methoxy groups -OCH3 is 1. The smallest absolute Gasteiger partial charge is 0.219 e. The second kappa shape index (κ2) is 10.0. The number of benzene rings is 2. The highest BCUT2D eigenvalue weighted by molar-refractivity contribution is 5.73. The number of nitrogens with zero attached hydrogens (tertiary/aromatic N) is 2. The van der Waals surface area contributed by atoms with Gasteiger partial charge in [0.1, 0.15) is 17.3 Å². The van der Waals surface area contributed by atoms with Crippen molar-refractivity contribution in [2.24, 2.45) is 5.92 Å². The number of hydrogen-bond donors (Lipinski definition) is 0. The number of carbonyl (C=O) groups is 1. The maximum absolute atomic E-state index is 13.3.